The molecule has 0 N–H and O–H groups in total. The Morgan fingerprint density at radius 2 is 0.683 bits per heavy atom. The molecule has 6 aromatic rings. The maximum absolute atomic E-state index is 6.97. The van der Waals surface area contributed by atoms with E-state index in [9.17, 15) is 0 Å². The average Bonchev–Trinajstić information content (AvgIpc) is 3.55. The highest BCUT2D eigenvalue weighted by Crippen LogP contribution is 2.54. The van der Waals surface area contributed by atoms with Crippen molar-refractivity contribution in [1.82, 2.24) is 0 Å². The summed E-state index contributed by atoms with van der Waals surface area (Å²) in [6, 6.07) is 54.7. The van der Waals surface area contributed by atoms with Crippen molar-refractivity contribution in [3.63, 3.8) is 0 Å². The van der Waals surface area contributed by atoms with Crippen LogP contribution < -0.4 is 18.0 Å². The molecule has 4 nitrogen and oxygen atoms in total. The van der Waals surface area contributed by atoms with Crippen LogP contribution in [0.2, 0.25) is 0 Å². The van der Waals surface area contributed by atoms with E-state index in [2.05, 4.69) is 130 Å². The largest absolute Gasteiger partial charge is 0.733 e. The smallest absolute Gasteiger partial charge is 0.478 e. The van der Waals surface area contributed by atoms with Crippen LogP contribution in [0.1, 0.15) is 0 Å². The molecule has 0 amide bonds. The lowest BCUT2D eigenvalue weighted by molar-refractivity contribution is 0.413. The van der Waals surface area contributed by atoms with Gasteiger partial charge in [0.2, 0.25) is 0 Å². The predicted molar refractivity (Wildman–Crippen MR) is 168 cm³/mol. The minimum Gasteiger partial charge on any atom is -0.478 e. The first-order valence-corrected chi connectivity index (χ1v) is 15.5. The number of fused-ring (bicyclic) bond motifs is 2. The number of anilines is 4. The number of hydrogen-bond donors (Lipinski definition) is 0. The molecular formula is C36H26N2O2Si. The van der Waals surface area contributed by atoms with E-state index in [4.69, 9.17) is 8.85 Å². The third-order valence-electron chi connectivity index (χ3n) is 7.73. The fraction of sp³-hybridized carbons (Fsp3) is 0. The highest BCUT2D eigenvalue weighted by Gasteiger charge is 2.68. The van der Waals surface area contributed by atoms with Crippen molar-refractivity contribution in [2.24, 2.45) is 0 Å². The van der Waals surface area contributed by atoms with Crippen LogP contribution in [0.4, 0.5) is 22.7 Å². The quantitative estimate of drug-likeness (QED) is 0.206. The van der Waals surface area contributed by atoms with Crippen LogP contribution >= 0.6 is 0 Å². The van der Waals surface area contributed by atoms with Gasteiger partial charge in [0.1, 0.15) is 11.5 Å². The Balaban J connectivity index is 1.27. The maximum Gasteiger partial charge on any atom is 0.733 e. The fourth-order valence-corrected chi connectivity index (χ4v) is 9.28. The second-order valence-corrected chi connectivity index (χ2v) is 12.6. The molecular weight excluding hydrogens is 520 g/mol. The molecule has 41 heavy (non-hydrogen) atoms. The van der Waals surface area contributed by atoms with Crippen LogP contribution in [0.25, 0.3) is 22.3 Å². The predicted octanol–water partition coefficient (Wildman–Crippen LogP) is 9.22. The lowest BCUT2D eigenvalue weighted by Crippen LogP contribution is -2.67. The lowest BCUT2D eigenvalue weighted by Gasteiger charge is -2.35. The monoisotopic (exact) mass is 546 g/mol. The molecule has 2 aliphatic rings. The van der Waals surface area contributed by atoms with E-state index in [0.717, 1.165) is 34.2 Å². The zero-order chi connectivity index (χ0) is 27.2. The molecule has 2 heterocycles. The molecule has 5 heteroatoms. The summed E-state index contributed by atoms with van der Waals surface area (Å²) in [6.07, 6.45) is 0. The van der Waals surface area contributed by atoms with Crippen LogP contribution in [0.3, 0.4) is 0 Å². The number of hydrogen-bond acceptors (Lipinski definition) is 4. The van der Waals surface area contributed by atoms with Gasteiger partial charge in [-0.05, 0) is 70.8 Å². The Morgan fingerprint density at radius 1 is 0.341 bits per heavy atom. The molecule has 196 valence electrons. The number of benzene rings is 6. The van der Waals surface area contributed by atoms with Crippen LogP contribution in [0, 0.1) is 0 Å². The molecule has 8 rings (SSSR count). The summed E-state index contributed by atoms with van der Waals surface area (Å²) in [7, 11) is -3.35. The molecule has 0 fully saturated rings. The van der Waals surface area contributed by atoms with Gasteiger partial charge in [0.05, 0.1) is 11.4 Å². The third kappa shape index (κ3) is 3.82. The second kappa shape index (κ2) is 9.43. The van der Waals surface area contributed by atoms with Gasteiger partial charge in [0, 0.05) is 11.4 Å². The van der Waals surface area contributed by atoms with Gasteiger partial charge < -0.3 is 8.85 Å². The van der Waals surface area contributed by atoms with Gasteiger partial charge in [-0.1, -0.05) is 109 Å². The normalized spacial score (nSPS) is 14.3. The summed E-state index contributed by atoms with van der Waals surface area (Å²) in [5, 5.41) is 0. The van der Waals surface area contributed by atoms with Crippen molar-refractivity contribution in [1.29, 1.82) is 0 Å². The van der Waals surface area contributed by atoms with Gasteiger partial charge in [-0.25, -0.2) is 0 Å². The summed E-state index contributed by atoms with van der Waals surface area (Å²) in [4.78, 5) is 0. The Kier molecular flexibility index (Phi) is 5.43. The van der Waals surface area contributed by atoms with E-state index in [1.807, 2.05) is 36.4 Å². The van der Waals surface area contributed by atoms with E-state index in [0.29, 0.717) is 0 Å². The molecule has 0 bridgehead atoms. The Morgan fingerprint density at radius 3 is 1.10 bits per heavy atom. The van der Waals surface area contributed by atoms with Gasteiger partial charge >= 0.3 is 8.88 Å². The first-order valence-electron chi connectivity index (χ1n) is 13.8. The number of nitrogens with zero attached hydrogens (tertiary/aromatic N) is 2. The molecule has 0 aliphatic carbocycles. The maximum atomic E-state index is 6.97. The molecule has 6 aromatic carbocycles. The van der Waals surface area contributed by atoms with E-state index in [1.165, 1.54) is 22.3 Å². The van der Waals surface area contributed by atoms with Gasteiger partial charge in [0.15, 0.2) is 0 Å². The van der Waals surface area contributed by atoms with E-state index < -0.39 is 8.88 Å². The van der Waals surface area contributed by atoms with E-state index in [-0.39, 0.29) is 0 Å². The van der Waals surface area contributed by atoms with Crippen molar-refractivity contribution in [2.75, 3.05) is 9.13 Å². The Labute approximate surface area is 240 Å². The highest BCUT2D eigenvalue weighted by molar-refractivity contribution is 6.81. The van der Waals surface area contributed by atoms with Gasteiger partial charge in [-0.3, -0.25) is 9.13 Å². The summed E-state index contributed by atoms with van der Waals surface area (Å²) in [5.41, 5.74) is 8.78. The van der Waals surface area contributed by atoms with Gasteiger partial charge in [-0.2, -0.15) is 0 Å². The van der Waals surface area contributed by atoms with E-state index >= 15 is 0 Å². The zero-order valence-corrected chi connectivity index (χ0v) is 23.2. The minimum atomic E-state index is -3.35. The SMILES string of the molecule is c1ccc(-c2ccc(N3c4ccccc4O[Si]34Oc3ccccc3N4c3ccc(-c4ccccc4)cc3)cc2)cc1. The summed E-state index contributed by atoms with van der Waals surface area (Å²) < 4.78 is 18.5. The van der Waals surface area contributed by atoms with Crippen molar-refractivity contribution >= 4 is 31.6 Å². The van der Waals surface area contributed by atoms with Crippen molar-refractivity contribution in [2.45, 2.75) is 0 Å². The average molecular weight is 547 g/mol. The van der Waals surface area contributed by atoms with Crippen LogP contribution in [-0.4, -0.2) is 8.88 Å². The van der Waals surface area contributed by atoms with Gasteiger partial charge in [0.25, 0.3) is 0 Å². The molecule has 1 spiro atoms. The number of rotatable bonds is 4. The molecule has 0 unspecified atom stereocenters. The third-order valence-corrected chi connectivity index (χ3v) is 10.8. The Hall–Kier alpha value is -5.26. The van der Waals surface area contributed by atoms with Crippen molar-refractivity contribution in [3.8, 4) is 33.8 Å². The summed E-state index contributed by atoms with van der Waals surface area (Å²) in [6.45, 7) is 0. The van der Waals surface area contributed by atoms with Crippen LogP contribution in [-0.2, 0) is 0 Å². The van der Waals surface area contributed by atoms with Crippen LogP contribution in [0.15, 0.2) is 158 Å². The minimum absolute atomic E-state index is 0.824. The van der Waals surface area contributed by atoms with Crippen LogP contribution in [0.5, 0.6) is 11.5 Å². The summed E-state index contributed by atoms with van der Waals surface area (Å²) >= 11 is 0. The zero-order valence-electron chi connectivity index (χ0n) is 22.2. The highest BCUT2D eigenvalue weighted by atomic mass is 28.4. The molecule has 0 atom stereocenters. The fourth-order valence-electron chi connectivity index (χ4n) is 5.82. The number of para-hydroxylation sites is 4. The first kappa shape index (κ1) is 23.6. The molecule has 0 saturated heterocycles. The molecule has 0 radical (unpaired) electrons. The lowest BCUT2D eigenvalue weighted by atomic mass is 10.1. The topological polar surface area (TPSA) is 24.9 Å². The van der Waals surface area contributed by atoms with E-state index in [1.54, 1.807) is 0 Å². The van der Waals surface area contributed by atoms with Crippen molar-refractivity contribution < 1.29 is 8.85 Å². The molecule has 0 aromatic heterocycles. The van der Waals surface area contributed by atoms with Gasteiger partial charge in [-0.15, -0.1) is 0 Å². The second-order valence-electron chi connectivity index (χ2n) is 10.2. The standard InChI is InChI=1S/C36H26N2O2Si/c1-3-11-27(12-4-1)29-19-23-31(24-20-29)37-33-15-7-9-17-35(33)39-41(37)38(34-16-8-10-18-36(34)40-41)32-25-21-30(22-26-32)28-13-5-2-6-14-28/h1-26H. The molecule has 0 saturated carbocycles. The van der Waals surface area contributed by atoms with Crippen molar-refractivity contribution in [3.05, 3.63) is 158 Å². The summed E-state index contributed by atoms with van der Waals surface area (Å²) in [5.74, 6) is 1.65. The molecule has 2 aliphatic heterocycles. The Bertz CT molecular complexity index is 1700. The first-order chi connectivity index (χ1) is 20.3.